The Bertz CT molecular complexity index is 357. The first-order valence-corrected chi connectivity index (χ1v) is 11.5. The van der Waals surface area contributed by atoms with E-state index in [4.69, 9.17) is 0 Å². The van der Waals surface area contributed by atoms with Crippen LogP contribution in [-0.2, 0) is 0 Å². The molecule has 0 bridgehead atoms. The third kappa shape index (κ3) is 9.23. The summed E-state index contributed by atoms with van der Waals surface area (Å²) >= 11 is 0. The maximum absolute atomic E-state index is 3.73. The van der Waals surface area contributed by atoms with Crippen LogP contribution in [0.25, 0.3) is 0 Å². The molecule has 0 aliphatic carbocycles. The Labute approximate surface area is 169 Å². The van der Waals surface area contributed by atoms with Gasteiger partial charge >= 0.3 is 0 Å². The molecular formula is C22H49N5. The number of likely N-dealkylation sites (N-methyl/N-ethyl adjacent to an activating group) is 1. The number of hydrogen-bond donors (Lipinski definition) is 4. The minimum atomic E-state index is 0.154. The molecule has 1 rings (SSSR count). The molecule has 27 heavy (non-hydrogen) atoms. The lowest BCUT2D eigenvalue weighted by Crippen LogP contribution is -2.56. The molecule has 0 aromatic carbocycles. The molecule has 1 aliphatic rings. The topological polar surface area (TPSA) is 51.4 Å². The molecule has 2 atom stereocenters. The van der Waals surface area contributed by atoms with Crippen LogP contribution in [0.15, 0.2) is 0 Å². The highest BCUT2D eigenvalue weighted by Gasteiger charge is 2.30. The number of hydrogen-bond acceptors (Lipinski definition) is 5. The van der Waals surface area contributed by atoms with Gasteiger partial charge in [0.05, 0.1) is 0 Å². The van der Waals surface area contributed by atoms with Gasteiger partial charge in [-0.3, -0.25) is 4.90 Å². The molecule has 0 aromatic heterocycles. The van der Waals surface area contributed by atoms with Gasteiger partial charge in [-0.05, 0) is 78.7 Å². The van der Waals surface area contributed by atoms with Gasteiger partial charge in [-0.15, -0.1) is 0 Å². The Kier molecular flexibility index (Phi) is 12.8. The fourth-order valence-electron chi connectivity index (χ4n) is 4.12. The Hall–Kier alpha value is -0.200. The van der Waals surface area contributed by atoms with Crippen molar-refractivity contribution in [3.63, 3.8) is 0 Å². The Morgan fingerprint density at radius 1 is 0.926 bits per heavy atom. The van der Waals surface area contributed by atoms with E-state index < -0.39 is 0 Å². The third-order valence-electron chi connectivity index (χ3n) is 6.94. The largest absolute Gasteiger partial charge is 0.315 e. The summed E-state index contributed by atoms with van der Waals surface area (Å²) in [5.41, 5.74) is 0.154. The summed E-state index contributed by atoms with van der Waals surface area (Å²) in [4.78, 5) is 2.57. The lowest BCUT2D eigenvalue weighted by molar-refractivity contribution is 0.102. The van der Waals surface area contributed by atoms with E-state index in [1.807, 2.05) is 0 Å². The van der Waals surface area contributed by atoms with Crippen molar-refractivity contribution in [2.45, 2.75) is 71.9 Å². The quantitative estimate of drug-likeness (QED) is 0.602. The van der Waals surface area contributed by atoms with Crippen molar-refractivity contribution in [2.75, 3.05) is 59.4 Å². The molecule has 2 unspecified atom stereocenters. The van der Waals surface area contributed by atoms with Crippen molar-refractivity contribution in [3.8, 4) is 0 Å². The van der Waals surface area contributed by atoms with Crippen molar-refractivity contribution in [1.29, 1.82) is 0 Å². The van der Waals surface area contributed by atoms with Crippen LogP contribution >= 0.6 is 0 Å². The van der Waals surface area contributed by atoms with Crippen molar-refractivity contribution >= 4 is 0 Å². The molecule has 1 aliphatic heterocycles. The molecule has 1 fully saturated rings. The van der Waals surface area contributed by atoms with Crippen LogP contribution in [-0.4, -0.2) is 75.9 Å². The Morgan fingerprint density at radius 2 is 1.52 bits per heavy atom. The molecule has 0 spiro atoms. The summed E-state index contributed by atoms with van der Waals surface area (Å²) < 4.78 is 0. The summed E-state index contributed by atoms with van der Waals surface area (Å²) in [6, 6.07) is 0.467. The maximum atomic E-state index is 3.73. The summed E-state index contributed by atoms with van der Waals surface area (Å²) in [6.07, 6.45) is 5.06. The molecule has 1 heterocycles. The van der Waals surface area contributed by atoms with Gasteiger partial charge in [0.2, 0.25) is 0 Å². The van der Waals surface area contributed by atoms with Crippen molar-refractivity contribution in [2.24, 2.45) is 11.8 Å². The zero-order chi connectivity index (χ0) is 20.1. The second-order valence-electron chi connectivity index (χ2n) is 8.93. The van der Waals surface area contributed by atoms with Gasteiger partial charge in [0.15, 0.2) is 0 Å². The zero-order valence-electron chi connectivity index (χ0n) is 19.2. The van der Waals surface area contributed by atoms with Gasteiger partial charge < -0.3 is 21.3 Å². The highest BCUT2D eigenvalue weighted by molar-refractivity contribution is 4.90. The molecule has 5 heteroatoms. The SMILES string of the molecule is CCC(CC)C1CCN(C)C(C)(C)C(C)NCCNCCCNCCNC1. The molecule has 0 aromatic rings. The van der Waals surface area contributed by atoms with Crippen molar-refractivity contribution < 1.29 is 0 Å². The maximum Gasteiger partial charge on any atom is 0.0300 e. The molecule has 5 nitrogen and oxygen atoms in total. The summed E-state index contributed by atoms with van der Waals surface area (Å²) in [5.74, 6) is 1.60. The molecular weight excluding hydrogens is 334 g/mol. The highest BCUT2D eigenvalue weighted by atomic mass is 15.2. The summed E-state index contributed by atoms with van der Waals surface area (Å²) in [6.45, 7) is 20.5. The van der Waals surface area contributed by atoms with E-state index in [1.165, 1.54) is 32.2 Å². The van der Waals surface area contributed by atoms with Crippen molar-refractivity contribution in [3.05, 3.63) is 0 Å². The molecule has 0 amide bonds. The number of nitrogens with one attached hydrogen (secondary N) is 4. The lowest BCUT2D eigenvalue weighted by Gasteiger charge is -2.42. The average Bonchev–Trinajstić information content (AvgIpc) is 2.65. The van der Waals surface area contributed by atoms with E-state index in [9.17, 15) is 0 Å². The number of rotatable bonds is 3. The zero-order valence-corrected chi connectivity index (χ0v) is 19.2. The monoisotopic (exact) mass is 383 g/mol. The van der Waals surface area contributed by atoms with Crippen molar-refractivity contribution in [1.82, 2.24) is 26.2 Å². The van der Waals surface area contributed by atoms with Crippen LogP contribution in [0.5, 0.6) is 0 Å². The Balaban J connectivity index is 2.69. The molecule has 162 valence electrons. The molecule has 1 saturated heterocycles. The smallest absolute Gasteiger partial charge is 0.0300 e. The molecule has 0 radical (unpaired) electrons. The lowest BCUT2D eigenvalue weighted by atomic mass is 9.84. The van der Waals surface area contributed by atoms with Gasteiger partial charge in [-0.1, -0.05) is 26.7 Å². The van der Waals surface area contributed by atoms with Crippen LogP contribution < -0.4 is 21.3 Å². The predicted octanol–water partition coefficient (Wildman–Crippen LogP) is 2.29. The molecule has 0 saturated carbocycles. The van der Waals surface area contributed by atoms with E-state index in [0.717, 1.165) is 57.6 Å². The van der Waals surface area contributed by atoms with Gasteiger partial charge in [0.25, 0.3) is 0 Å². The first-order chi connectivity index (χ1) is 12.9. The van der Waals surface area contributed by atoms with E-state index in [2.05, 4.69) is 67.8 Å². The number of nitrogens with zero attached hydrogens (tertiary/aromatic N) is 1. The second kappa shape index (κ2) is 13.9. The van der Waals surface area contributed by atoms with E-state index in [-0.39, 0.29) is 5.54 Å². The van der Waals surface area contributed by atoms with Gasteiger partial charge in [0.1, 0.15) is 0 Å². The Morgan fingerprint density at radius 3 is 2.15 bits per heavy atom. The van der Waals surface area contributed by atoms with Crippen LogP contribution in [0, 0.1) is 11.8 Å². The predicted molar refractivity (Wildman–Crippen MR) is 120 cm³/mol. The van der Waals surface area contributed by atoms with E-state index in [1.54, 1.807) is 0 Å². The third-order valence-corrected chi connectivity index (χ3v) is 6.94. The first-order valence-electron chi connectivity index (χ1n) is 11.5. The van der Waals surface area contributed by atoms with E-state index >= 15 is 0 Å². The van der Waals surface area contributed by atoms with Gasteiger partial charge in [-0.2, -0.15) is 0 Å². The van der Waals surface area contributed by atoms with Gasteiger partial charge in [0, 0.05) is 37.8 Å². The van der Waals surface area contributed by atoms with Gasteiger partial charge in [-0.25, -0.2) is 0 Å². The minimum Gasteiger partial charge on any atom is -0.315 e. The second-order valence-corrected chi connectivity index (χ2v) is 8.93. The van der Waals surface area contributed by atoms with Crippen LogP contribution in [0.3, 0.4) is 0 Å². The van der Waals surface area contributed by atoms with Crippen LogP contribution in [0.4, 0.5) is 0 Å². The first kappa shape index (κ1) is 24.8. The minimum absolute atomic E-state index is 0.154. The van der Waals surface area contributed by atoms with Crippen LogP contribution in [0.2, 0.25) is 0 Å². The summed E-state index contributed by atoms with van der Waals surface area (Å²) in [7, 11) is 2.30. The highest BCUT2D eigenvalue weighted by Crippen LogP contribution is 2.25. The standard InChI is InChI=1S/C22H49N5/c1-7-20(8-2)21-10-17-27(6)22(4,5)19(3)26-16-15-24-12-9-11-23-13-14-25-18-21/h19-21,23-26H,7-18H2,1-6H3. The normalized spacial score (nSPS) is 28.6. The summed E-state index contributed by atoms with van der Waals surface area (Å²) in [5, 5.41) is 14.6. The average molecular weight is 384 g/mol. The van der Waals surface area contributed by atoms with Crippen LogP contribution in [0.1, 0.15) is 60.3 Å². The molecule has 4 N–H and O–H groups in total. The van der Waals surface area contributed by atoms with E-state index in [0.29, 0.717) is 6.04 Å². The fraction of sp³-hybridized carbons (Fsp3) is 1.00. The fourth-order valence-corrected chi connectivity index (χ4v) is 4.12.